The van der Waals surface area contributed by atoms with Crippen LogP contribution in [0.5, 0.6) is 5.75 Å². The zero-order valence-corrected chi connectivity index (χ0v) is 13.8. The summed E-state index contributed by atoms with van der Waals surface area (Å²) in [7, 11) is 0. The van der Waals surface area contributed by atoms with Gasteiger partial charge in [0.1, 0.15) is 18.5 Å². The van der Waals surface area contributed by atoms with Crippen LogP contribution in [0, 0.1) is 18.3 Å². The molecule has 0 saturated carbocycles. The van der Waals surface area contributed by atoms with Crippen molar-refractivity contribution in [2.45, 2.75) is 38.6 Å². The van der Waals surface area contributed by atoms with Crippen molar-refractivity contribution in [1.29, 1.82) is 5.26 Å². The molecular formula is C20H21FN2O. The Bertz CT molecular complexity index is 723. The molecule has 1 heterocycles. The summed E-state index contributed by atoms with van der Waals surface area (Å²) < 4.78 is 19.5. The number of hydrogen-bond acceptors (Lipinski definition) is 3. The van der Waals surface area contributed by atoms with E-state index in [0.29, 0.717) is 26.0 Å². The highest BCUT2D eigenvalue weighted by Gasteiger charge is 2.31. The van der Waals surface area contributed by atoms with Crippen LogP contribution < -0.4 is 9.64 Å². The average molecular weight is 324 g/mol. The highest BCUT2D eigenvalue weighted by molar-refractivity contribution is 5.51. The van der Waals surface area contributed by atoms with Gasteiger partial charge in [-0.1, -0.05) is 24.3 Å². The summed E-state index contributed by atoms with van der Waals surface area (Å²) in [5.41, 5.74) is 3.31. The van der Waals surface area contributed by atoms with Gasteiger partial charge in [0.2, 0.25) is 0 Å². The molecule has 1 aliphatic rings. The van der Waals surface area contributed by atoms with Crippen molar-refractivity contribution in [2.75, 3.05) is 11.4 Å². The third-order valence-electron chi connectivity index (χ3n) is 4.51. The third kappa shape index (κ3) is 3.68. The van der Waals surface area contributed by atoms with E-state index in [1.54, 1.807) is 0 Å². The predicted octanol–water partition coefficient (Wildman–Crippen LogP) is 4.40. The molecule has 3 rings (SSSR count). The van der Waals surface area contributed by atoms with Gasteiger partial charge in [-0.3, -0.25) is 0 Å². The molecule has 2 atom stereocenters. The third-order valence-corrected chi connectivity index (χ3v) is 4.51. The molecular weight excluding hydrogens is 303 g/mol. The quantitative estimate of drug-likeness (QED) is 0.817. The van der Waals surface area contributed by atoms with E-state index in [0.717, 1.165) is 17.0 Å². The zero-order valence-electron chi connectivity index (χ0n) is 13.8. The van der Waals surface area contributed by atoms with E-state index in [4.69, 9.17) is 10.00 Å². The lowest BCUT2D eigenvalue weighted by molar-refractivity contribution is 0.305. The van der Waals surface area contributed by atoms with Crippen molar-refractivity contribution < 1.29 is 9.13 Å². The fourth-order valence-corrected chi connectivity index (χ4v) is 3.14. The molecule has 0 amide bonds. The van der Waals surface area contributed by atoms with Gasteiger partial charge in [0, 0.05) is 24.7 Å². The number of rotatable bonds is 5. The number of ether oxygens (including phenoxy) is 1. The molecule has 24 heavy (non-hydrogen) atoms. The first kappa shape index (κ1) is 16.3. The van der Waals surface area contributed by atoms with Gasteiger partial charge in [0.05, 0.1) is 12.5 Å². The van der Waals surface area contributed by atoms with Gasteiger partial charge in [-0.2, -0.15) is 5.26 Å². The minimum Gasteiger partial charge on any atom is -0.489 e. The average Bonchev–Trinajstić information content (AvgIpc) is 2.95. The van der Waals surface area contributed by atoms with Crippen LogP contribution in [0.1, 0.15) is 24.0 Å². The first-order valence-corrected chi connectivity index (χ1v) is 8.22. The molecule has 1 aliphatic heterocycles. The Morgan fingerprint density at radius 1 is 1.21 bits per heavy atom. The summed E-state index contributed by atoms with van der Waals surface area (Å²) in [6, 6.07) is 17.9. The first-order chi connectivity index (χ1) is 11.7. The number of alkyl halides is 1. The topological polar surface area (TPSA) is 36.3 Å². The molecule has 124 valence electrons. The van der Waals surface area contributed by atoms with Crippen LogP contribution in [0.4, 0.5) is 10.1 Å². The van der Waals surface area contributed by atoms with Gasteiger partial charge in [-0.25, -0.2) is 4.39 Å². The SMILES string of the molecule is Cc1ccccc1COc1ccc(N2CC(F)CC2CC#N)cc1. The maximum absolute atomic E-state index is 13.7. The second-order valence-electron chi connectivity index (χ2n) is 6.21. The Hall–Kier alpha value is -2.54. The molecule has 0 aromatic heterocycles. The number of nitriles is 1. The molecule has 2 aromatic rings. The Morgan fingerprint density at radius 2 is 1.96 bits per heavy atom. The fraction of sp³-hybridized carbons (Fsp3) is 0.350. The molecule has 1 saturated heterocycles. The lowest BCUT2D eigenvalue weighted by atomic mass is 10.1. The second kappa shape index (κ2) is 7.35. The van der Waals surface area contributed by atoms with E-state index in [-0.39, 0.29) is 6.04 Å². The largest absolute Gasteiger partial charge is 0.489 e. The van der Waals surface area contributed by atoms with E-state index < -0.39 is 6.17 Å². The molecule has 0 radical (unpaired) electrons. The van der Waals surface area contributed by atoms with Crippen LogP contribution >= 0.6 is 0 Å². The molecule has 2 aromatic carbocycles. The van der Waals surface area contributed by atoms with Gasteiger partial charge in [0.25, 0.3) is 0 Å². The number of anilines is 1. The number of halogens is 1. The normalized spacial score (nSPS) is 20.0. The van der Waals surface area contributed by atoms with Crippen molar-refractivity contribution in [1.82, 2.24) is 0 Å². The number of aryl methyl sites for hydroxylation is 1. The summed E-state index contributed by atoms with van der Waals surface area (Å²) in [6.45, 7) is 2.95. The molecule has 4 heteroatoms. The maximum atomic E-state index is 13.7. The van der Waals surface area contributed by atoms with Crippen LogP contribution in [-0.2, 0) is 6.61 Å². The Kier molecular flexibility index (Phi) is 5.00. The van der Waals surface area contributed by atoms with E-state index in [2.05, 4.69) is 25.1 Å². The highest BCUT2D eigenvalue weighted by Crippen LogP contribution is 2.30. The smallest absolute Gasteiger partial charge is 0.120 e. The molecule has 2 unspecified atom stereocenters. The highest BCUT2D eigenvalue weighted by atomic mass is 19.1. The van der Waals surface area contributed by atoms with Crippen LogP contribution in [0.15, 0.2) is 48.5 Å². The summed E-state index contributed by atoms with van der Waals surface area (Å²) in [5.74, 6) is 0.787. The molecule has 3 nitrogen and oxygen atoms in total. The fourth-order valence-electron chi connectivity index (χ4n) is 3.14. The minimum atomic E-state index is -0.861. The van der Waals surface area contributed by atoms with Gasteiger partial charge >= 0.3 is 0 Å². The van der Waals surface area contributed by atoms with Crippen LogP contribution in [-0.4, -0.2) is 18.8 Å². The summed E-state index contributed by atoms with van der Waals surface area (Å²) in [6.07, 6.45) is -0.0780. The van der Waals surface area contributed by atoms with Crippen molar-refractivity contribution >= 4 is 5.69 Å². The summed E-state index contributed by atoms with van der Waals surface area (Å²) in [5, 5.41) is 8.90. The summed E-state index contributed by atoms with van der Waals surface area (Å²) in [4.78, 5) is 1.99. The Morgan fingerprint density at radius 3 is 2.67 bits per heavy atom. The van der Waals surface area contributed by atoms with Gasteiger partial charge in [-0.05, 0) is 42.3 Å². The van der Waals surface area contributed by atoms with Crippen LogP contribution in [0.2, 0.25) is 0 Å². The number of benzene rings is 2. The van der Waals surface area contributed by atoms with Gasteiger partial charge < -0.3 is 9.64 Å². The molecule has 0 spiro atoms. The monoisotopic (exact) mass is 324 g/mol. The predicted molar refractivity (Wildman–Crippen MR) is 92.8 cm³/mol. The van der Waals surface area contributed by atoms with Crippen molar-refractivity contribution in [3.8, 4) is 11.8 Å². The van der Waals surface area contributed by atoms with E-state index in [9.17, 15) is 4.39 Å². The summed E-state index contributed by atoms with van der Waals surface area (Å²) >= 11 is 0. The Balaban J connectivity index is 1.65. The first-order valence-electron chi connectivity index (χ1n) is 8.22. The van der Waals surface area contributed by atoms with Gasteiger partial charge in [-0.15, -0.1) is 0 Å². The van der Waals surface area contributed by atoms with Crippen LogP contribution in [0.25, 0.3) is 0 Å². The lowest BCUT2D eigenvalue weighted by Gasteiger charge is -2.24. The number of nitrogens with zero attached hydrogens (tertiary/aromatic N) is 2. The van der Waals surface area contributed by atoms with Gasteiger partial charge in [0.15, 0.2) is 0 Å². The number of hydrogen-bond donors (Lipinski definition) is 0. The molecule has 0 aliphatic carbocycles. The maximum Gasteiger partial charge on any atom is 0.120 e. The molecule has 0 bridgehead atoms. The van der Waals surface area contributed by atoms with E-state index in [1.807, 2.05) is 41.3 Å². The van der Waals surface area contributed by atoms with Crippen LogP contribution in [0.3, 0.4) is 0 Å². The lowest BCUT2D eigenvalue weighted by Crippen LogP contribution is -2.29. The van der Waals surface area contributed by atoms with E-state index in [1.165, 1.54) is 5.56 Å². The molecule has 1 fully saturated rings. The Labute approximate surface area is 142 Å². The van der Waals surface area contributed by atoms with Crippen molar-refractivity contribution in [2.24, 2.45) is 0 Å². The van der Waals surface area contributed by atoms with Crippen molar-refractivity contribution in [3.05, 3.63) is 59.7 Å². The second-order valence-corrected chi connectivity index (χ2v) is 6.21. The zero-order chi connectivity index (χ0) is 16.9. The standard InChI is InChI=1S/C20H21FN2O/c1-15-4-2-3-5-16(15)14-24-20-8-6-18(7-9-20)23-13-17(21)12-19(23)10-11-22/h2-9,17,19H,10,12-14H2,1H3. The van der Waals surface area contributed by atoms with Crippen molar-refractivity contribution in [3.63, 3.8) is 0 Å². The molecule has 0 N–H and O–H groups in total. The van der Waals surface area contributed by atoms with E-state index >= 15 is 0 Å². The minimum absolute atomic E-state index is 0.0382.